The van der Waals surface area contributed by atoms with E-state index in [-0.39, 0.29) is 11.9 Å². The van der Waals surface area contributed by atoms with Gasteiger partial charge in [-0.25, -0.2) is 0 Å². The highest BCUT2D eigenvalue weighted by Crippen LogP contribution is 2.33. The second-order valence-electron chi connectivity index (χ2n) is 5.87. The van der Waals surface area contributed by atoms with E-state index in [2.05, 4.69) is 10.2 Å². The SMILES string of the molecule is O=C1CC(N2CC(C(=O)O)Cc3ccccc32)CCCN1. The van der Waals surface area contributed by atoms with Crippen molar-refractivity contribution in [1.82, 2.24) is 5.32 Å². The van der Waals surface area contributed by atoms with E-state index in [0.717, 1.165) is 24.1 Å². The van der Waals surface area contributed by atoms with Crippen molar-refractivity contribution in [2.75, 3.05) is 18.0 Å². The van der Waals surface area contributed by atoms with Gasteiger partial charge >= 0.3 is 5.97 Å². The van der Waals surface area contributed by atoms with Crippen LogP contribution < -0.4 is 10.2 Å². The van der Waals surface area contributed by atoms with Crippen LogP contribution in [-0.4, -0.2) is 36.1 Å². The number of carbonyl (C=O) groups excluding carboxylic acids is 1. The van der Waals surface area contributed by atoms with Gasteiger partial charge in [0.2, 0.25) is 5.91 Å². The minimum atomic E-state index is -0.757. The second-order valence-corrected chi connectivity index (χ2v) is 5.87. The van der Waals surface area contributed by atoms with E-state index in [1.165, 1.54) is 0 Å². The monoisotopic (exact) mass is 288 g/mol. The van der Waals surface area contributed by atoms with E-state index in [4.69, 9.17) is 0 Å². The number of carboxylic acid groups (broad SMARTS) is 1. The zero-order valence-electron chi connectivity index (χ0n) is 11.9. The summed E-state index contributed by atoms with van der Waals surface area (Å²) in [5.74, 6) is -1.09. The van der Waals surface area contributed by atoms with Gasteiger partial charge in [0.25, 0.3) is 0 Å². The molecule has 2 aliphatic rings. The number of carboxylic acids is 1. The number of aliphatic carboxylic acids is 1. The van der Waals surface area contributed by atoms with Crippen LogP contribution in [0.25, 0.3) is 0 Å². The van der Waals surface area contributed by atoms with Crippen LogP contribution in [0.1, 0.15) is 24.8 Å². The molecule has 21 heavy (non-hydrogen) atoms. The van der Waals surface area contributed by atoms with Crippen molar-refractivity contribution >= 4 is 17.6 Å². The number of benzene rings is 1. The molecule has 3 rings (SSSR count). The lowest BCUT2D eigenvalue weighted by Crippen LogP contribution is -2.45. The molecule has 2 heterocycles. The minimum absolute atomic E-state index is 0.0624. The number of nitrogens with one attached hydrogen (secondary N) is 1. The Morgan fingerprint density at radius 2 is 2.10 bits per heavy atom. The van der Waals surface area contributed by atoms with Crippen molar-refractivity contribution in [2.24, 2.45) is 5.92 Å². The van der Waals surface area contributed by atoms with Gasteiger partial charge in [0.1, 0.15) is 0 Å². The lowest BCUT2D eigenvalue weighted by Gasteiger charge is -2.39. The van der Waals surface area contributed by atoms with Gasteiger partial charge in [-0.05, 0) is 30.9 Å². The Labute approximate surface area is 123 Å². The summed E-state index contributed by atoms with van der Waals surface area (Å²) in [6.07, 6.45) is 2.87. The summed E-state index contributed by atoms with van der Waals surface area (Å²) in [4.78, 5) is 25.4. The van der Waals surface area contributed by atoms with Gasteiger partial charge in [0, 0.05) is 31.2 Å². The van der Waals surface area contributed by atoms with E-state index in [9.17, 15) is 14.7 Å². The van der Waals surface area contributed by atoms with Crippen LogP contribution in [0.4, 0.5) is 5.69 Å². The molecule has 0 saturated carbocycles. The highest BCUT2D eigenvalue weighted by molar-refractivity contribution is 5.78. The summed E-state index contributed by atoms with van der Waals surface area (Å²) < 4.78 is 0. The van der Waals surface area contributed by atoms with Crippen molar-refractivity contribution < 1.29 is 14.7 Å². The second kappa shape index (κ2) is 5.76. The van der Waals surface area contributed by atoms with E-state index < -0.39 is 11.9 Å². The third-order valence-corrected chi connectivity index (χ3v) is 4.43. The van der Waals surface area contributed by atoms with Crippen molar-refractivity contribution in [1.29, 1.82) is 0 Å². The Kier molecular flexibility index (Phi) is 3.82. The van der Waals surface area contributed by atoms with Gasteiger partial charge in [-0.1, -0.05) is 18.2 Å². The first-order valence-corrected chi connectivity index (χ1v) is 7.49. The van der Waals surface area contributed by atoms with E-state index in [1.807, 2.05) is 24.3 Å². The number of carbonyl (C=O) groups is 2. The van der Waals surface area contributed by atoms with Gasteiger partial charge < -0.3 is 15.3 Å². The Morgan fingerprint density at radius 1 is 1.29 bits per heavy atom. The topological polar surface area (TPSA) is 69.6 Å². The fourth-order valence-electron chi connectivity index (χ4n) is 3.36. The van der Waals surface area contributed by atoms with Crippen LogP contribution in [-0.2, 0) is 16.0 Å². The summed E-state index contributed by atoms with van der Waals surface area (Å²) in [6, 6.07) is 8.05. The number of anilines is 1. The van der Waals surface area contributed by atoms with Crippen molar-refractivity contribution in [3.05, 3.63) is 29.8 Å². The maximum absolute atomic E-state index is 11.8. The molecular weight excluding hydrogens is 268 g/mol. The van der Waals surface area contributed by atoms with Gasteiger partial charge in [-0.2, -0.15) is 0 Å². The molecule has 112 valence electrons. The van der Waals surface area contributed by atoms with Crippen LogP contribution in [0.2, 0.25) is 0 Å². The maximum Gasteiger partial charge on any atom is 0.308 e. The fraction of sp³-hybridized carbons (Fsp3) is 0.500. The zero-order valence-corrected chi connectivity index (χ0v) is 11.9. The molecule has 1 saturated heterocycles. The number of hydrogen-bond acceptors (Lipinski definition) is 3. The summed E-state index contributed by atoms with van der Waals surface area (Å²) >= 11 is 0. The summed E-state index contributed by atoms with van der Waals surface area (Å²) in [5.41, 5.74) is 2.16. The molecular formula is C16H20N2O3. The van der Waals surface area contributed by atoms with E-state index in [1.54, 1.807) is 0 Å². The number of para-hydroxylation sites is 1. The molecule has 2 aliphatic heterocycles. The lowest BCUT2D eigenvalue weighted by molar-refractivity contribution is -0.141. The molecule has 5 heteroatoms. The van der Waals surface area contributed by atoms with Crippen LogP contribution in [0.5, 0.6) is 0 Å². The smallest absolute Gasteiger partial charge is 0.308 e. The molecule has 1 amide bonds. The molecule has 2 atom stereocenters. The number of rotatable bonds is 2. The molecule has 0 bridgehead atoms. The first-order chi connectivity index (χ1) is 10.1. The van der Waals surface area contributed by atoms with Gasteiger partial charge in [0.05, 0.1) is 5.92 Å². The number of amides is 1. The molecule has 1 fully saturated rings. The largest absolute Gasteiger partial charge is 0.481 e. The Hall–Kier alpha value is -2.04. The summed E-state index contributed by atoms with van der Waals surface area (Å²) in [7, 11) is 0. The Morgan fingerprint density at radius 3 is 2.90 bits per heavy atom. The predicted molar refractivity (Wildman–Crippen MR) is 79.3 cm³/mol. The fourth-order valence-corrected chi connectivity index (χ4v) is 3.36. The maximum atomic E-state index is 11.8. The molecule has 1 aromatic carbocycles. The highest BCUT2D eigenvalue weighted by atomic mass is 16.4. The summed E-state index contributed by atoms with van der Waals surface area (Å²) in [6.45, 7) is 1.21. The lowest BCUT2D eigenvalue weighted by atomic mass is 9.90. The molecule has 1 aromatic rings. The average Bonchev–Trinajstić information content (AvgIpc) is 2.70. The normalized spacial score (nSPS) is 25.7. The van der Waals surface area contributed by atoms with Gasteiger partial charge in [-0.3, -0.25) is 9.59 Å². The third-order valence-electron chi connectivity index (χ3n) is 4.43. The van der Waals surface area contributed by atoms with Crippen molar-refractivity contribution in [3.8, 4) is 0 Å². The quantitative estimate of drug-likeness (QED) is 0.863. The average molecular weight is 288 g/mol. The van der Waals surface area contributed by atoms with Crippen LogP contribution in [0.3, 0.4) is 0 Å². The molecule has 0 aromatic heterocycles. The molecule has 0 spiro atoms. The van der Waals surface area contributed by atoms with Crippen LogP contribution >= 0.6 is 0 Å². The molecule has 5 nitrogen and oxygen atoms in total. The first kappa shape index (κ1) is 13.9. The Bertz CT molecular complexity index is 558. The van der Waals surface area contributed by atoms with Gasteiger partial charge in [0.15, 0.2) is 0 Å². The number of nitrogens with zero attached hydrogens (tertiary/aromatic N) is 1. The highest BCUT2D eigenvalue weighted by Gasteiger charge is 2.33. The first-order valence-electron chi connectivity index (χ1n) is 7.49. The Balaban J connectivity index is 1.92. The van der Waals surface area contributed by atoms with E-state index >= 15 is 0 Å². The molecule has 0 aliphatic carbocycles. The van der Waals surface area contributed by atoms with Crippen molar-refractivity contribution in [2.45, 2.75) is 31.7 Å². The van der Waals surface area contributed by atoms with Gasteiger partial charge in [-0.15, -0.1) is 0 Å². The molecule has 2 N–H and O–H groups in total. The molecule has 2 unspecified atom stereocenters. The number of hydrogen-bond donors (Lipinski definition) is 2. The van der Waals surface area contributed by atoms with E-state index in [0.29, 0.717) is 25.9 Å². The minimum Gasteiger partial charge on any atom is -0.481 e. The van der Waals surface area contributed by atoms with Crippen molar-refractivity contribution in [3.63, 3.8) is 0 Å². The summed E-state index contributed by atoms with van der Waals surface area (Å²) in [5, 5.41) is 12.3. The molecule has 0 radical (unpaired) electrons. The predicted octanol–water partition coefficient (Wildman–Crippen LogP) is 1.42. The zero-order chi connectivity index (χ0) is 14.8. The van der Waals surface area contributed by atoms with Crippen LogP contribution in [0, 0.1) is 5.92 Å². The van der Waals surface area contributed by atoms with Crippen LogP contribution in [0.15, 0.2) is 24.3 Å². The number of fused-ring (bicyclic) bond motifs is 1. The standard InChI is InChI=1S/C16H20N2O3/c19-15-9-13(5-3-7-17-15)18-10-12(16(20)21)8-11-4-1-2-6-14(11)18/h1-2,4,6,12-13H,3,5,7-10H2,(H,17,19)(H,20,21). The third kappa shape index (κ3) is 2.86.